The lowest BCUT2D eigenvalue weighted by molar-refractivity contribution is 0.0626. The van der Waals surface area contributed by atoms with Crippen LogP contribution in [0.25, 0.3) is 10.8 Å². The van der Waals surface area contributed by atoms with E-state index in [-0.39, 0.29) is 5.91 Å². The Bertz CT molecular complexity index is 1060. The zero-order valence-electron chi connectivity index (χ0n) is 18.9. The Morgan fingerprint density at radius 2 is 2.03 bits per heavy atom. The standard InChI is InChI=1S/C24H28ClN3O4S/c1-3-11-32-22-19(25)13-17(14-21(22)30-4-2)24(29)28-9-7-27(8-10-28)15-18-16-33-23(26-18)20-6-5-12-31-20/h5-6,12-14,16H,3-4,7-11,15H2,1-2H3. The molecule has 1 amide bonds. The second kappa shape index (κ2) is 11.0. The van der Waals surface area contributed by atoms with E-state index < -0.39 is 0 Å². The van der Waals surface area contributed by atoms with Crippen LogP contribution < -0.4 is 9.47 Å². The minimum atomic E-state index is -0.0479. The van der Waals surface area contributed by atoms with Gasteiger partial charge in [-0.05, 0) is 37.6 Å². The minimum Gasteiger partial charge on any atom is -0.490 e. The van der Waals surface area contributed by atoms with Crippen LogP contribution in [0.2, 0.25) is 5.02 Å². The number of thiazole rings is 1. The summed E-state index contributed by atoms with van der Waals surface area (Å²) in [6, 6.07) is 7.19. The van der Waals surface area contributed by atoms with Crippen molar-refractivity contribution in [3.05, 3.63) is 52.2 Å². The molecule has 1 aromatic carbocycles. The summed E-state index contributed by atoms with van der Waals surface area (Å²) in [6.07, 6.45) is 2.51. The third-order valence-electron chi connectivity index (χ3n) is 5.34. The molecule has 7 nitrogen and oxygen atoms in total. The van der Waals surface area contributed by atoms with Gasteiger partial charge in [0, 0.05) is 43.7 Å². The third-order valence-corrected chi connectivity index (χ3v) is 6.52. The normalized spacial score (nSPS) is 14.5. The molecule has 1 aliphatic rings. The van der Waals surface area contributed by atoms with Gasteiger partial charge in [-0.2, -0.15) is 0 Å². The second-order valence-corrected chi connectivity index (χ2v) is 9.02. The number of furan rings is 1. The van der Waals surface area contributed by atoms with Crippen LogP contribution in [0.3, 0.4) is 0 Å². The number of nitrogens with zero attached hydrogens (tertiary/aromatic N) is 3. The highest BCUT2D eigenvalue weighted by molar-refractivity contribution is 7.13. The number of halogens is 1. The van der Waals surface area contributed by atoms with Crippen molar-refractivity contribution in [1.29, 1.82) is 0 Å². The number of ether oxygens (including phenoxy) is 2. The Morgan fingerprint density at radius 3 is 2.73 bits per heavy atom. The number of hydrogen-bond acceptors (Lipinski definition) is 7. The summed E-state index contributed by atoms with van der Waals surface area (Å²) in [4.78, 5) is 22.0. The largest absolute Gasteiger partial charge is 0.490 e. The molecule has 176 valence electrons. The number of rotatable bonds is 9. The summed E-state index contributed by atoms with van der Waals surface area (Å²) < 4.78 is 16.9. The van der Waals surface area contributed by atoms with E-state index in [1.54, 1.807) is 29.7 Å². The van der Waals surface area contributed by atoms with Crippen LogP contribution >= 0.6 is 22.9 Å². The Labute approximate surface area is 202 Å². The summed E-state index contributed by atoms with van der Waals surface area (Å²) in [5.74, 6) is 1.75. The molecule has 4 rings (SSSR count). The van der Waals surface area contributed by atoms with E-state index in [2.05, 4.69) is 15.3 Å². The molecule has 0 N–H and O–H groups in total. The lowest BCUT2D eigenvalue weighted by Gasteiger charge is -2.34. The van der Waals surface area contributed by atoms with Gasteiger partial charge in [-0.1, -0.05) is 18.5 Å². The van der Waals surface area contributed by atoms with Gasteiger partial charge in [0.2, 0.25) is 0 Å². The fraction of sp³-hybridized carbons (Fsp3) is 0.417. The lowest BCUT2D eigenvalue weighted by atomic mass is 10.1. The van der Waals surface area contributed by atoms with Crippen molar-refractivity contribution in [3.8, 4) is 22.3 Å². The van der Waals surface area contributed by atoms with Crippen molar-refractivity contribution in [2.75, 3.05) is 39.4 Å². The average molecular weight is 490 g/mol. The van der Waals surface area contributed by atoms with Gasteiger partial charge in [-0.15, -0.1) is 11.3 Å². The van der Waals surface area contributed by atoms with Crippen LogP contribution in [0.5, 0.6) is 11.5 Å². The van der Waals surface area contributed by atoms with E-state index in [9.17, 15) is 4.79 Å². The fourth-order valence-corrected chi connectivity index (χ4v) is 4.75. The van der Waals surface area contributed by atoms with Crippen LogP contribution in [0.1, 0.15) is 36.3 Å². The highest BCUT2D eigenvalue weighted by atomic mass is 35.5. The topological polar surface area (TPSA) is 68.0 Å². The molecule has 33 heavy (non-hydrogen) atoms. The number of benzene rings is 1. The van der Waals surface area contributed by atoms with E-state index in [4.69, 9.17) is 25.5 Å². The predicted molar refractivity (Wildman–Crippen MR) is 129 cm³/mol. The summed E-state index contributed by atoms with van der Waals surface area (Å²) in [5, 5.41) is 3.35. The number of carbonyl (C=O) groups is 1. The molecule has 0 radical (unpaired) electrons. The van der Waals surface area contributed by atoms with E-state index in [1.165, 1.54) is 0 Å². The molecule has 1 fully saturated rings. The molecule has 3 heterocycles. The minimum absolute atomic E-state index is 0.0479. The molecule has 2 aromatic heterocycles. The Balaban J connectivity index is 1.37. The molecule has 0 atom stereocenters. The maximum absolute atomic E-state index is 13.2. The Kier molecular flexibility index (Phi) is 7.90. The first-order chi connectivity index (χ1) is 16.1. The van der Waals surface area contributed by atoms with Gasteiger partial charge in [-0.25, -0.2) is 4.98 Å². The molecule has 3 aromatic rings. The van der Waals surface area contributed by atoms with Crippen LogP contribution in [0, 0.1) is 0 Å². The van der Waals surface area contributed by atoms with Crippen molar-refractivity contribution in [2.24, 2.45) is 0 Å². The van der Waals surface area contributed by atoms with Crippen molar-refractivity contribution in [3.63, 3.8) is 0 Å². The monoisotopic (exact) mass is 489 g/mol. The molecule has 0 aliphatic carbocycles. The summed E-state index contributed by atoms with van der Waals surface area (Å²) in [7, 11) is 0. The zero-order valence-corrected chi connectivity index (χ0v) is 20.5. The van der Waals surface area contributed by atoms with Gasteiger partial charge in [-0.3, -0.25) is 9.69 Å². The summed E-state index contributed by atoms with van der Waals surface area (Å²) in [5.41, 5.74) is 1.53. The predicted octanol–water partition coefficient (Wildman–Crippen LogP) is 5.20. The fourth-order valence-electron chi connectivity index (χ4n) is 3.71. The molecule has 0 spiro atoms. The quantitative estimate of drug-likeness (QED) is 0.411. The van der Waals surface area contributed by atoms with Crippen molar-refractivity contribution in [1.82, 2.24) is 14.8 Å². The average Bonchev–Trinajstić information content (AvgIpc) is 3.51. The first-order valence-electron chi connectivity index (χ1n) is 11.2. The van der Waals surface area contributed by atoms with Crippen LogP contribution in [-0.2, 0) is 6.54 Å². The van der Waals surface area contributed by atoms with Gasteiger partial charge in [0.05, 0.1) is 30.2 Å². The van der Waals surface area contributed by atoms with E-state index in [0.717, 1.165) is 42.5 Å². The van der Waals surface area contributed by atoms with Gasteiger partial charge in [0.25, 0.3) is 5.91 Å². The Hall–Kier alpha value is -2.55. The van der Waals surface area contributed by atoms with Crippen LogP contribution in [-0.4, -0.2) is 60.1 Å². The summed E-state index contributed by atoms with van der Waals surface area (Å²) >= 11 is 8.03. The molecular formula is C24H28ClN3O4S. The number of aromatic nitrogens is 1. The van der Waals surface area contributed by atoms with Gasteiger partial charge < -0.3 is 18.8 Å². The molecular weight excluding hydrogens is 462 g/mol. The van der Waals surface area contributed by atoms with Crippen LogP contribution in [0.4, 0.5) is 0 Å². The molecule has 1 saturated heterocycles. The van der Waals surface area contributed by atoms with E-state index in [0.29, 0.717) is 48.4 Å². The second-order valence-electron chi connectivity index (χ2n) is 7.76. The first-order valence-corrected chi connectivity index (χ1v) is 12.4. The van der Waals surface area contributed by atoms with Crippen LogP contribution in [0.15, 0.2) is 40.3 Å². The highest BCUT2D eigenvalue weighted by Gasteiger charge is 2.25. The number of piperazine rings is 1. The number of hydrogen-bond donors (Lipinski definition) is 0. The van der Waals surface area contributed by atoms with Crippen molar-refractivity contribution < 1.29 is 18.7 Å². The van der Waals surface area contributed by atoms with Gasteiger partial charge in [0.1, 0.15) is 0 Å². The molecule has 0 unspecified atom stereocenters. The number of amides is 1. The van der Waals surface area contributed by atoms with E-state index >= 15 is 0 Å². The highest BCUT2D eigenvalue weighted by Crippen LogP contribution is 2.37. The SMILES string of the molecule is CCCOc1c(Cl)cc(C(=O)N2CCN(Cc3csc(-c4ccco4)n3)CC2)cc1OCC. The maximum atomic E-state index is 13.2. The van der Waals surface area contributed by atoms with Crippen molar-refractivity contribution >= 4 is 28.8 Å². The van der Waals surface area contributed by atoms with Gasteiger partial charge in [0.15, 0.2) is 22.3 Å². The third kappa shape index (κ3) is 5.69. The molecule has 1 aliphatic heterocycles. The molecule has 9 heteroatoms. The van der Waals surface area contributed by atoms with Crippen molar-refractivity contribution in [2.45, 2.75) is 26.8 Å². The van der Waals surface area contributed by atoms with Gasteiger partial charge >= 0.3 is 0 Å². The first kappa shape index (κ1) is 23.6. The smallest absolute Gasteiger partial charge is 0.254 e. The Morgan fingerprint density at radius 1 is 1.21 bits per heavy atom. The maximum Gasteiger partial charge on any atom is 0.254 e. The van der Waals surface area contributed by atoms with E-state index in [1.807, 2.05) is 30.9 Å². The number of carbonyl (C=O) groups excluding carboxylic acids is 1. The summed E-state index contributed by atoms with van der Waals surface area (Å²) in [6.45, 7) is 8.52. The lowest BCUT2D eigenvalue weighted by Crippen LogP contribution is -2.48. The zero-order chi connectivity index (χ0) is 23.2. The molecule has 0 bridgehead atoms. The molecule has 0 saturated carbocycles.